The number of sulfonamides is 1. The summed E-state index contributed by atoms with van der Waals surface area (Å²) in [5.41, 5.74) is 6.40. The second-order valence-electron chi connectivity index (χ2n) is 5.07. The number of aliphatic imine (C=N–C) groups is 1. The van der Waals surface area contributed by atoms with Crippen LogP contribution in [0.15, 0.2) is 34.2 Å². The number of hydrogen-bond acceptors (Lipinski definition) is 4. The van der Waals surface area contributed by atoms with Crippen LogP contribution >= 0.6 is 0 Å². The van der Waals surface area contributed by atoms with Crippen LogP contribution in [-0.2, 0) is 21.3 Å². The van der Waals surface area contributed by atoms with E-state index in [4.69, 9.17) is 10.5 Å². The molecule has 0 saturated heterocycles. The van der Waals surface area contributed by atoms with Gasteiger partial charge >= 0.3 is 0 Å². The highest BCUT2D eigenvalue weighted by atomic mass is 32.2. The molecule has 1 aromatic rings. The summed E-state index contributed by atoms with van der Waals surface area (Å²) in [4.78, 5) is 4.45. The van der Waals surface area contributed by atoms with Crippen LogP contribution in [0, 0.1) is 0 Å². The molecule has 23 heavy (non-hydrogen) atoms. The number of benzene rings is 1. The van der Waals surface area contributed by atoms with E-state index in [1.807, 2.05) is 6.92 Å². The number of nitrogens with one attached hydrogen (secondary N) is 1. The lowest BCUT2D eigenvalue weighted by Crippen LogP contribution is -2.33. The number of nitrogens with zero attached hydrogens (tertiary/aromatic N) is 2. The molecule has 0 saturated carbocycles. The smallest absolute Gasteiger partial charge is 0.242 e. The van der Waals surface area contributed by atoms with Crippen LogP contribution in [0.25, 0.3) is 0 Å². The molecule has 0 aliphatic heterocycles. The Hall–Kier alpha value is -1.64. The number of nitrogens with two attached hydrogens (primary N) is 1. The zero-order valence-corrected chi connectivity index (χ0v) is 14.8. The fourth-order valence-corrected chi connectivity index (χ4v) is 2.95. The summed E-state index contributed by atoms with van der Waals surface area (Å²) in [6, 6.07) is 6.79. The summed E-state index contributed by atoms with van der Waals surface area (Å²) in [5.74, 6) is 0.290. The van der Waals surface area contributed by atoms with Crippen LogP contribution in [0.1, 0.15) is 18.9 Å². The molecule has 1 rings (SSSR count). The second kappa shape index (κ2) is 9.49. The zero-order valence-electron chi connectivity index (χ0n) is 13.9. The second-order valence-corrected chi connectivity index (χ2v) is 7.19. The van der Waals surface area contributed by atoms with Gasteiger partial charge in [-0.2, -0.15) is 0 Å². The van der Waals surface area contributed by atoms with Crippen LogP contribution in [0.5, 0.6) is 0 Å². The van der Waals surface area contributed by atoms with Crippen molar-refractivity contribution in [2.24, 2.45) is 10.7 Å². The molecule has 3 N–H and O–H groups in total. The van der Waals surface area contributed by atoms with Gasteiger partial charge in [0.1, 0.15) is 0 Å². The molecule has 0 heterocycles. The zero-order chi connectivity index (χ0) is 17.3. The Morgan fingerprint density at radius 3 is 2.70 bits per heavy atom. The maximum absolute atomic E-state index is 12.3. The highest BCUT2D eigenvalue weighted by molar-refractivity contribution is 7.89. The molecule has 7 nitrogen and oxygen atoms in total. The van der Waals surface area contributed by atoms with Gasteiger partial charge in [-0.05, 0) is 25.0 Å². The Labute approximate surface area is 138 Å². The van der Waals surface area contributed by atoms with E-state index in [0.29, 0.717) is 31.3 Å². The molecule has 0 aliphatic rings. The first-order chi connectivity index (χ1) is 10.9. The van der Waals surface area contributed by atoms with Gasteiger partial charge in [-0.25, -0.2) is 17.7 Å². The van der Waals surface area contributed by atoms with Gasteiger partial charge in [0.2, 0.25) is 10.0 Å². The fourth-order valence-electron chi connectivity index (χ4n) is 1.84. The SMILES string of the molecule is CCOCCCNC(N)=NCc1ccccc1S(=O)(=O)N(C)C. The molecule has 0 aliphatic carbocycles. The quantitative estimate of drug-likeness (QED) is 0.392. The van der Waals surface area contributed by atoms with Crippen LogP contribution in [0.4, 0.5) is 0 Å². The van der Waals surface area contributed by atoms with Crippen molar-refractivity contribution in [2.45, 2.75) is 24.8 Å². The van der Waals surface area contributed by atoms with Crippen LogP contribution in [0.3, 0.4) is 0 Å². The molecular weight excluding hydrogens is 316 g/mol. The van der Waals surface area contributed by atoms with Gasteiger partial charge in [0, 0.05) is 33.9 Å². The van der Waals surface area contributed by atoms with Crippen molar-refractivity contribution in [1.29, 1.82) is 0 Å². The van der Waals surface area contributed by atoms with Gasteiger partial charge in [0.15, 0.2) is 5.96 Å². The summed E-state index contributed by atoms with van der Waals surface area (Å²) in [6.07, 6.45) is 0.829. The molecule has 0 atom stereocenters. The third-order valence-corrected chi connectivity index (χ3v) is 5.04. The standard InChI is InChI=1S/C15H26N4O3S/c1-4-22-11-7-10-17-15(16)18-12-13-8-5-6-9-14(13)23(20,21)19(2)3/h5-6,8-9H,4,7,10-12H2,1-3H3,(H3,16,17,18). The molecule has 0 radical (unpaired) electrons. The van der Waals surface area contributed by atoms with Crippen LogP contribution in [0.2, 0.25) is 0 Å². The first kappa shape index (κ1) is 19.4. The van der Waals surface area contributed by atoms with Crippen molar-refractivity contribution in [2.75, 3.05) is 33.9 Å². The predicted molar refractivity (Wildman–Crippen MR) is 91.8 cm³/mol. The monoisotopic (exact) mass is 342 g/mol. The Kier molecular flexibility index (Phi) is 8.01. The summed E-state index contributed by atoms with van der Waals surface area (Å²) >= 11 is 0. The Bertz CT molecular complexity index is 615. The topological polar surface area (TPSA) is 97.0 Å². The molecular formula is C15H26N4O3S. The lowest BCUT2D eigenvalue weighted by molar-refractivity contribution is 0.145. The van der Waals surface area contributed by atoms with Gasteiger partial charge < -0.3 is 15.8 Å². The van der Waals surface area contributed by atoms with E-state index in [1.54, 1.807) is 24.3 Å². The Morgan fingerprint density at radius 2 is 2.04 bits per heavy atom. The third-order valence-electron chi connectivity index (χ3n) is 3.13. The molecule has 0 aromatic heterocycles. The van der Waals surface area contributed by atoms with Crippen molar-refractivity contribution in [3.8, 4) is 0 Å². The first-order valence-corrected chi connectivity index (χ1v) is 8.95. The fraction of sp³-hybridized carbons (Fsp3) is 0.533. The molecule has 0 fully saturated rings. The van der Waals surface area contributed by atoms with Gasteiger partial charge in [0.25, 0.3) is 0 Å². The number of ether oxygens (including phenoxy) is 1. The average molecular weight is 342 g/mol. The van der Waals surface area contributed by atoms with E-state index in [0.717, 1.165) is 6.42 Å². The van der Waals surface area contributed by atoms with Crippen molar-refractivity contribution in [3.05, 3.63) is 29.8 Å². The Balaban J connectivity index is 2.69. The summed E-state index contributed by atoms with van der Waals surface area (Å²) < 4.78 is 31.0. The van der Waals surface area contributed by atoms with Gasteiger partial charge in [0.05, 0.1) is 11.4 Å². The van der Waals surface area contributed by atoms with Crippen molar-refractivity contribution in [3.63, 3.8) is 0 Å². The third kappa shape index (κ3) is 6.17. The number of rotatable bonds is 9. The van der Waals surface area contributed by atoms with Crippen LogP contribution in [-0.4, -0.2) is 52.5 Å². The van der Waals surface area contributed by atoms with Gasteiger partial charge in [-0.3, -0.25) is 0 Å². The maximum atomic E-state index is 12.3. The van der Waals surface area contributed by atoms with E-state index in [1.165, 1.54) is 18.4 Å². The molecule has 8 heteroatoms. The molecule has 0 unspecified atom stereocenters. The predicted octanol–water partition coefficient (Wildman–Crippen LogP) is 0.768. The van der Waals surface area contributed by atoms with E-state index < -0.39 is 10.0 Å². The van der Waals surface area contributed by atoms with Crippen molar-refractivity contribution >= 4 is 16.0 Å². The minimum absolute atomic E-state index is 0.202. The molecule has 0 bridgehead atoms. The number of guanidine groups is 1. The number of hydrogen-bond donors (Lipinski definition) is 2. The highest BCUT2D eigenvalue weighted by Gasteiger charge is 2.20. The van der Waals surface area contributed by atoms with Crippen LogP contribution < -0.4 is 11.1 Å². The highest BCUT2D eigenvalue weighted by Crippen LogP contribution is 2.19. The summed E-state index contributed by atoms with van der Waals surface area (Å²) in [5, 5.41) is 2.98. The molecule has 130 valence electrons. The largest absolute Gasteiger partial charge is 0.382 e. The lowest BCUT2D eigenvalue weighted by atomic mass is 10.2. The average Bonchev–Trinajstić information content (AvgIpc) is 2.52. The van der Waals surface area contributed by atoms with Gasteiger partial charge in [-0.15, -0.1) is 0 Å². The minimum Gasteiger partial charge on any atom is -0.382 e. The van der Waals surface area contributed by atoms with E-state index in [9.17, 15) is 8.42 Å². The van der Waals surface area contributed by atoms with E-state index in [-0.39, 0.29) is 11.4 Å². The molecule has 1 aromatic carbocycles. The van der Waals surface area contributed by atoms with E-state index in [2.05, 4.69) is 10.3 Å². The Morgan fingerprint density at radius 1 is 1.35 bits per heavy atom. The summed E-state index contributed by atoms with van der Waals surface area (Å²) in [6.45, 7) is 4.17. The van der Waals surface area contributed by atoms with E-state index >= 15 is 0 Å². The normalized spacial score (nSPS) is 12.6. The van der Waals surface area contributed by atoms with Crippen molar-refractivity contribution < 1.29 is 13.2 Å². The van der Waals surface area contributed by atoms with Crippen molar-refractivity contribution in [1.82, 2.24) is 9.62 Å². The first-order valence-electron chi connectivity index (χ1n) is 7.51. The summed E-state index contributed by atoms with van der Waals surface area (Å²) in [7, 11) is -0.489. The molecule has 0 amide bonds. The minimum atomic E-state index is -3.50. The lowest BCUT2D eigenvalue weighted by Gasteiger charge is -2.14. The molecule has 0 spiro atoms. The van der Waals surface area contributed by atoms with Gasteiger partial charge in [-0.1, -0.05) is 18.2 Å². The maximum Gasteiger partial charge on any atom is 0.242 e.